The summed E-state index contributed by atoms with van der Waals surface area (Å²) in [6, 6.07) is 13.1. The van der Waals surface area contributed by atoms with Crippen LogP contribution in [-0.4, -0.2) is 50.5 Å². The molecular weight excluding hydrogens is 400 g/mol. The molecule has 0 aromatic heterocycles. The van der Waals surface area contributed by atoms with Gasteiger partial charge in [-0.15, -0.1) is 0 Å². The number of hydrogen-bond acceptors (Lipinski definition) is 8. The van der Waals surface area contributed by atoms with Crippen molar-refractivity contribution in [1.29, 1.82) is 0 Å². The molecule has 2 aromatic rings. The lowest BCUT2D eigenvalue weighted by molar-refractivity contribution is 0.879. The first kappa shape index (κ1) is 20.2. The third kappa shape index (κ3) is 3.95. The van der Waals surface area contributed by atoms with Gasteiger partial charge in [0.05, 0.1) is 13.1 Å². The molecule has 32 heavy (non-hydrogen) atoms. The van der Waals surface area contributed by atoms with E-state index in [2.05, 4.69) is 91.9 Å². The van der Waals surface area contributed by atoms with Gasteiger partial charge in [0.2, 0.25) is 11.9 Å². The SMILES string of the molecule is Cc1cc2c(cc1C)C(/C=N/NC1=NCCN1)c1ccccc1C2/C=N/NC1=NCCN1. The molecule has 2 atom stereocenters. The van der Waals surface area contributed by atoms with Gasteiger partial charge in [-0.1, -0.05) is 36.4 Å². The van der Waals surface area contributed by atoms with E-state index in [1.54, 1.807) is 0 Å². The van der Waals surface area contributed by atoms with Crippen LogP contribution in [0.15, 0.2) is 56.6 Å². The van der Waals surface area contributed by atoms with Gasteiger partial charge in [0.15, 0.2) is 0 Å². The number of nitrogens with one attached hydrogen (secondary N) is 4. The summed E-state index contributed by atoms with van der Waals surface area (Å²) in [5.41, 5.74) is 13.6. The van der Waals surface area contributed by atoms with E-state index in [4.69, 9.17) is 0 Å². The highest BCUT2D eigenvalue weighted by atomic mass is 15.4. The van der Waals surface area contributed by atoms with Gasteiger partial charge in [-0.2, -0.15) is 10.2 Å². The Balaban J connectivity index is 1.52. The minimum absolute atomic E-state index is 0.0495. The highest BCUT2D eigenvalue weighted by Gasteiger charge is 2.31. The number of fused-ring (bicyclic) bond motifs is 2. The zero-order chi connectivity index (χ0) is 21.9. The summed E-state index contributed by atoms with van der Waals surface area (Å²) in [6.45, 7) is 7.58. The highest BCUT2D eigenvalue weighted by Crippen LogP contribution is 2.42. The van der Waals surface area contributed by atoms with Crippen molar-refractivity contribution in [2.45, 2.75) is 25.7 Å². The van der Waals surface area contributed by atoms with Crippen LogP contribution in [-0.2, 0) is 0 Å². The minimum Gasteiger partial charge on any atom is -0.353 e. The van der Waals surface area contributed by atoms with Gasteiger partial charge in [0, 0.05) is 37.4 Å². The van der Waals surface area contributed by atoms with E-state index in [0.717, 1.165) is 38.1 Å². The second-order valence-corrected chi connectivity index (χ2v) is 8.24. The van der Waals surface area contributed by atoms with Crippen molar-refractivity contribution >= 4 is 24.3 Å². The van der Waals surface area contributed by atoms with Crippen molar-refractivity contribution in [1.82, 2.24) is 21.5 Å². The maximum Gasteiger partial charge on any atom is 0.212 e. The Hall–Kier alpha value is -3.68. The predicted octanol–water partition coefficient (Wildman–Crippen LogP) is 1.95. The lowest BCUT2D eigenvalue weighted by Gasteiger charge is -2.31. The zero-order valence-electron chi connectivity index (χ0n) is 18.4. The molecule has 2 aromatic carbocycles. The molecule has 0 amide bonds. The third-order valence-electron chi connectivity index (χ3n) is 6.17. The van der Waals surface area contributed by atoms with Crippen LogP contribution in [0.25, 0.3) is 0 Å². The summed E-state index contributed by atoms with van der Waals surface area (Å²) in [6.07, 6.45) is 3.97. The number of aryl methyl sites for hydroxylation is 2. The molecule has 4 N–H and O–H groups in total. The van der Waals surface area contributed by atoms with Crippen molar-refractivity contribution in [2.75, 3.05) is 26.2 Å². The largest absolute Gasteiger partial charge is 0.353 e. The molecular formula is C24H28N8. The van der Waals surface area contributed by atoms with Crippen molar-refractivity contribution in [3.05, 3.63) is 69.8 Å². The van der Waals surface area contributed by atoms with Gasteiger partial charge >= 0.3 is 0 Å². The summed E-state index contributed by atoms with van der Waals surface area (Å²) in [5, 5.41) is 15.4. The van der Waals surface area contributed by atoms with E-state index in [1.165, 1.54) is 33.4 Å². The molecule has 5 rings (SSSR count). The van der Waals surface area contributed by atoms with Crippen LogP contribution < -0.4 is 21.5 Å². The van der Waals surface area contributed by atoms with Crippen LogP contribution in [0.4, 0.5) is 0 Å². The standard InChI is InChI=1S/C24H28N8/c1-15-11-19-20(12-16(15)2)22(14-30-32-24-27-9-10-28-24)18-6-4-3-5-17(18)21(19)13-29-31-23-25-7-8-26-23/h3-6,11-14,21-22H,7-10H2,1-2H3,(H2,25,26,31)(H2,27,28,32)/b29-13+,30-14+. The minimum atomic E-state index is 0.0495. The lowest BCUT2D eigenvalue weighted by Crippen LogP contribution is -2.31. The number of hydrazone groups is 2. The molecule has 2 heterocycles. The molecule has 0 radical (unpaired) electrons. The molecule has 0 bridgehead atoms. The van der Waals surface area contributed by atoms with Crippen LogP contribution in [0, 0.1) is 13.8 Å². The summed E-state index contributed by atoms with van der Waals surface area (Å²) in [7, 11) is 0. The molecule has 1 aliphatic carbocycles. The Morgan fingerprint density at radius 2 is 1.25 bits per heavy atom. The Morgan fingerprint density at radius 1 is 0.781 bits per heavy atom. The third-order valence-corrected chi connectivity index (χ3v) is 6.17. The molecule has 0 fully saturated rings. The fourth-order valence-corrected chi connectivity index (χ4v) is 4.42. The monoisotopic (exact) mass is 428 g/mol. The number of guanidine groups is 2. The van der Waals surface area contributed by atoms with E-state index in [9.17, 15) is 0 Å². The van der Waals surface area contributed by atoms with E-state index >= 15 is 0 Å². The quantitative estimate of drug-likeness (QED) is 0.442. The maximum absolute atomic E-state index is 4.53. The first-order valence-corrected chi connectivity index (χ1v) is 11.1. The molecule has 2 unspecified atom stereocenters. The van der Waals surface area contributed by atoms with Crippen molar-refractivity contribution in [3.8, 4) is 0 Å². The summed E-state index contributed by atoms with van der Waals surface area (Å²) in [5.74, 6) is 1.55. The van der Waals surface area contributed by atoms with Crippen molar-refractivity contribution in [3.63, 3.8) is 0 Å². The molecule has 164 valence electrons. The first-order valence-electron chi connectivity index (χ1n) is 11.1. The van der Waals surface area contributed by atoms with E-state index in [0.29, 0.717) is 0 Å². The van der Waals surface area contributed by atoms with Crippen molar-refractivity contribution in [2.24, 2.45) is 20.2 Å². The zero-order valence-corrected chi connectivity index (χ0v) is 18.4. The second kappa shape index (κ2) is 8.82. The number of hydrogen-bond donors (Lipinski definition) is 4. The van der Waals surface area contributed by atoms with Gasteiger partial charge in [-0.05, 0) is 47.2 Å². The Morgan fingerprint density at radius 3 is 1.66 bits per heavy atom. The molecule has 8 nitrogen and oxygen atoms in total. The average molecular weight is 429 g/mol. The van der Waals surface area contributed by atoms with E-state index in [-0.39, 0.29) is 11.8 Å². The number of rotatable bonds is 4. The smallest absolute Gasteiger partial charge is 0.212 e. The highest BCUT2D eigenvalue weighted by molar-refractivity contribution is 5.87. The second-order valence-electron chi connectivity index (χ2n) is 8.24. The van der Waals surface area contributed by atoms with E-state index in [1.807, 2.05) is 12.4 Å². The summed E-state index contributed by atoms with van der Waals surface area (Å²) in [4.78, 5) is 8.71. The lowest BCUT2D eigenvalue weighted by atomic mass is 9.72. The van der Waals surface area contributed by atoms with E-state index < -0.39 is 0 Å². The Kier molecular flexibility index (Phi) is 5.58. The fourth-order valence-electron chi connectivity index (χ4n) is 4.42. The van der Waals surface area contributed by atoms with Gasteiger partial charge < -0.3 is 10.6 Å². The normalized spacial score (nSPS) is 21.6. The van der Waals surface area contributed by atoms with Crippen LogP contribution >= 0.6 is 0 Å². The maximum atomic E-state index is 4.53. The topological polar surface area (TPSA) is 97.6 Å². The van der Waals surface area contributed by atoms with Gasteiger partial charge in [0.1, 0.15) is 0 Å². The number of aliphatic imine (C=N–C) groups is 2. The Labute approximate surface area is 188 Å². The van der Waals surface area contributed by atoms with Crippen LogP contribution in [0.1, 0.15) is 45.2 Å². The molecule has 3 aliphatic rings. The van der Waals surface area contributed by atoms with Crippen LogP contribution in [0.3, 0.4) is 0 Å². The average Bonchev–Trinajstić information content (AvgIpc) is 3.51. The van der Waals surface area contributed by atoms with Crippen LogP contribution in [0.5, 0.6) is 0 Å². The van der Waals surface area contributed by atoms with Crippen LogP contribution in [0.2, 0.25) is 0 Å². The Bertz CT molecular complexity index is 1040. The summed E-state index contributed by atoms with van der Waals surface area (Å²) < 4.78 is 0. The van der Waals surface area contributed by atoms with Gasteiger partial charge in [0.25, 0.3) is 0 Å². The number of benzene rings is 2. The molecule has 0 saturated heterocycles. The summed E-state index contributed by atoms with van der Waals surface area (Å²) >= 11 is 0. The molecule has 8 heteroatoms. The predicted molar refractivity (Wildman–Crippen MR) is 130 cm³/mol. The molecule has 2 aliphatic heterocycles. The molecule has 0 saturated carbocycles. The van der Waals surface area contributed by atoms with Gasteiger partial charge in [-0.3, -0.25) is 0 Å². The fraction of sp³-hybridized carbons (Fsp3) is 0.333. The van der Waals surface area contributed by atoms with Crippen molar-refractivity contribution < 1.29 is 0 Å². The first-order chi connectivity index (χ1) is 15.7. The van der Waals surface area contributed by atoms with Gasteiger partial charge in [-0.25, -0.2) is 20.8 Å². The molecule has 0 spiro atoms. The number of nitrogens with zero attached hydrogens (tertiary/aromatic N) is 4.